The molecule has 0 aliphatic heterocycles. The third kappa shape index (κ3) is 3.45. The molecule has 21 heavy (non-hydrogen) atoms. The Morgan fingerprint density at radius 2 is 2.05 bits per heavy atom. The van der Waals surface area contributed by atoms with Gasteiger partial charge >= 0.3 is 0 Å². The van der Waals surface area contributed by atoms with Gasteiger partial charge in [0.15, 0.2) is 0 Å². The lowest BCUT2D eigenvalue weighted by molar-refractivity contribution is -0.129. The van der Waals surface area contributed by atoms with Crippen LogP contribution >= 0.6 is 0 Å². The molecule has 0 radical (unpaired) electrons. The fraction of sp³-hybridized carbons (Fsp3) is 0.471. The van der Waals surface area contributed by atoms with Gasteiger partial charge in [0, 0.05) is 25.9 Å². The number of nitrogens with zero attached hydrogens (tertiary/aromatic N) is 1. The summed E-state index contributed by atoms with van der Waals surface area (Å²) < 4.78 is 5.19. The number of amides is 1. The molecular weight excluding hydrogens is 266 g/mol. The maximum absolute atomic E-state index is 12.2. The van der Waals surface area contributed by atoms with E-state index < -0.39 is 6.10 Å². The first-order valence-electron chi connectivity index (χ1n) is 7.19. The molecule has 0 bridgehead atoms. The highest BCUT2D eigenvalue weighted by Gasteiger charge is 2.35. The minimum atomic E-state index is -0.411. The molecule has 1 aliphatic carbocycles. The van der Waals surface area contributed by atoms with E-state index in [2.05, 4.69) is 0 Å². The molecule has 0 fully saturated rings. The molecule has 1 aromatic rings. The molecule has 1 unspecified atom stereocenters. The van der Waals surface area contributed by atoms with E-state index in [1.54, 1.807) is 32.2 Å². The summed E-state index contributed by atoms with van der Waals surface area (Å²) >= 11 is 0. The Labute approximate surface area is 126 Å². The Morgan fingerprint density at radius 1 is 1.38 bits per heavy atom. The van der Waals surface area contributed by atoms with Crippen LogP contribution in [0.25, 0.3) is 0 Å². The number of carbonyl (C=O) groups excluding carboxylic acids is 1. The van der Waals surface area contributed by atoms with Crippen LogP contribution in [-0.4, -0.2) is 43.2 Å². The Kier molecular flexibility index (Phi) is 4.68. The lowest BCUT2D eigenvalue weighted by atomic mass is 9.70. The Balaban J connectivity index is 2.35. The first-order chi connectivity index (χ1) is 9.97. The van der Waals surface area contributed by atoms with Gasteiger partial charge in [-0.1, -0.05) is 24.3 Å². The summed E-state index contributed by atoms with van der Waals surface area (Å²) in [5.74, 6) is 0.888. The highest BCUT2D eigenvalue weighted by atomic mass is 16.5. The predicted octanol–water partition coefficient (Wildman–Crippen LogP) is 2.12. The van der Waals surface area contributed by atoms with Gasteiger partial charge in [-0.05, 0) is 30.5 Å². The van der Waals surface area contributed by atoms with Crippen LogP contribution in [-0.2, 0) is 10.2 Å². The van der Waals surface area contributed by atoms with Gasteiger partial charge in [-0.25, -0.2) is 0 Å². The third-order valence-electron chi connectivity index (χ3n) is 4.15. The number of aliphatic hydroxyl groups excluding tert-OH is 1. The minimum absolute atomic E-state index is 0.0897. The van der Waals surface area contributed by atoms with Crippen molar-refractivity contribution in [1.29, 1.82) is 0 Å². The number of benzene rings is 1. The zero-order valence-electron chi connectivity index (χ0n) is 12.9. The second kappa shape index (κ2) is 6.31. The molecule has 1 aliphatic rings. The Morgan fingerprint density at radius 3 is 2.52 bits per heavy atom. The van der Waals surface area contributed by atoms with E-state index in [1.807, 2.05) is 30.3 Å². The van der Waals surface area contributed by atoms with Crippen LogP contribution < -0.4 is 4.74 Å². The van der Waals surface area contributed by atoms with Crippen molar-refractivity contribution in [2.24, 2.45) is 0 Å². The lowest BCUT2D eigenvalue weighted by Gasteiger charge is -2.35. The molecule has 1 aromatic carbocycles. The molecule has 0 aromatic heterocycles. The summed E-state index contributed by atoms with van der Waals surface area (Å²) in [7, 11) is 5.17. The number of carbonyl (C=O) groups is 1. The monoisotopic (exact) mass is 289 g/mol. The maximum Gasteiger partial charge on any atom is 0.223 e. The number of hydrogen-bond donors (Lipinski definition) is 1. The average Bonchev–Trinajstić information content (AvgIpc) is 2.50. The van der Waals surface area contributed by atoms with E-state index in [0.717, 1.165) is 17.7 Å². The van der Waals surface area contributed by atoms with Gasteiger partial charge in [0.25, 0.3) is 0 Å². The summed E-state index contributed by atoms with van der Waals surface area (Å²) in [6, 6.07) is 7.83. The van der Waals surface area contributed by atoms with Crippen LogP contribution in [0.1, 0.15) is 24.8 Å². The van der Waals surface area contributed by atoms with Gasteiger partial charge in [0.2, 0.25) is 5.91 Å². The van der Waals surface area contributed by atoms with Crippen molar-refractivity contribution < 1.29 is 14.6 Å². The van der Waals surface area contributed by atoms with Crippen molar-refractivity contribution >= 4 is 5.91 Å². The second-order valence-electron chi connectivity index (χ2n) is 5.81. The number of rotatable bonds is 4. The van der Waals surface area contributed by atoms with Crippen molar-refractivity contribution in [2.45, 2.75) is 30.8 Å². The second-order valence-corrected chi connectivity index (χ2v) is 5.81. The van der Waals surface area contributed by atoms with Gasteiger partial charge in [0.1, 0.15) is 5.75 Å². The standard InChI is InChI=1S/C17H23NO3/c1-18(2)16(20)12-17(10-8-14(19)9-11-17)13-4-6-15(21-3)7-5-13/h4-8,10,14,19H,9,11-12H2,1-3H3/t14?,17-/m0/s1. The van der Waals surface area contributed by atoms with Crippen molar-refractivity contribution in [1.82, 2.24) is 4.90 Å². The van der Waals surface area contributed by atoms with E-state index in [4.69, 9.17) is 4.74 Å². The molecule has 114 valence electrons. The zero-order valence-corrected chi connectivity index (χ0v) is 12.9. The topological polar surface area (TPSA) is 49.8 Å². The smallest absolute Gasteiger partial charge is 0.223 e. The molecule has 0 saturated carbocycles. The number of allylic oxidation sites excluding steroid dienone is 1. The quantitative estimate of drug-likeness (QED) is 0.864. The Bertz CT molecular complexity index is 521. The number of ether oxygens (including phenoxy) is 1. The van der Waals surface area contributed by atoms with Crippen LogP contribution in [0, 0.1) is 0 Å². The highest BCUT2D eigenvalue weighted by molar-refractivity contribution is 5.78. The lowest BCUT2D eigenvalue weighted by Crippen LogP contribution is -2.36. The van der Waals surface area contributed by atoms with Gasteiger partial charge in [-0.3, -0.25) is 4.79 Å². The molecule has 0 heterocycles. The largest absolute Gasteiger partial charge is 0.497 e. The summed E-state index contributed by atoms with van der Waals surface area (Å²) in [6.45, 7) is 0. The molecular formula is C17H23NO3. The first-order valence-corrected chi connectivity index (χ1v) is 7.19. The predicted molar refractivity (Wildman–Crippen MR) is 82.4 cm³/mol. The summed E-state index contributed by atoms with van der Waals surface area (Å²) in [6.07, 6.45) is 5.22. The minimum Gasteiger partial charge on any atom is -0.497 e. The molecule has 0 spiro atoms. The van der Waals surface area contributed by atoms with Crippen LogP contribution in [0.5, 0.6) is 5.75 Å². The van der Waals surface area contributed by atoms with Gasteiger partial charge in [-0.15, -0.1) is 0 Å². The van der Waals surface area contributed by atoms with Crippen LogP contribution in [0.2, 0.25) is 0 Å². The summed E-state index contributed by atoms with van der Waals surface area (Å²) in [5.41, 5.74) is 0.744. The first kappa shape index (κ1) is 15.6. The summed E-state index contributed by atoms with van der Waals surface area (Å²) in [4.78, 5) is 13.8. The molecule has 4 heteroatoms. The van der Waals surface area contributed by atoms with Gasteiger partial charge in [-0.2, -0.15) is 0 Å². The SMILES string of the molecule is COc1ccc([C@@]2(CC(=O)N(C)C)C=CC(O)CC2)cc1. The van der Waals surface area contributed by atoms with Gasteiger partial charge in [0.05, 0.1) is 13.2 Å². The molecule has 4 nitrogen and oxygen atoms in total. The van der Waals surface area contributed by atoms with Crippen molar-refractivity contribution in [3.63, 3.8) is 0 Å². The van der Waals surface area contributed by atoms with Crippen LogP contribution in [0.15, 0.2) is 36.4 Å². The fourth-order valence-electron chi connectivity index (χ4n) is 2.72. The average molecular weight is 289 g/mol. The molecule has 2 rings (SSSR count). The normalized spacial score (nSPS) is 24.7. The van der Waals surface area contributed by atoms with E-state index in [9.17, 15) is 9.90 Å². The molecule has 1 amide bonds. The molecule has 0 saturated heterocycles. The number of hydrogen-bond acceptors (Lipinski definition) is 3. The molecule has 1 N–H and O–H groups in total. The van der Waals surface area contributed by atoms with Crippen molar-refractivity contribution in [3.05, 3.63) is 42.0 Å². The van der Waals surface area contributed by atoms with Crippen LogP contribution in [0.4, 0.5) is 0 Å². The Hall–Kier alpha value is -1.81. The zero-order chi connectivity index (χ0) is 15.5. The van der Waals surface area contributed by atoms with Crippen LogP contribution in [0.3, 0.4) is 0 Å². The number of aliphatic hydroxyl groups is 1. The van der Waals surface area contributed by atoms with E-state index in [1.165, 1.54) is 0 Å². The van der Waals surface area contributed by atoms with E-state index in [0.29, 0.717) is 12.8 Å². The van der Waals surface area contributed by atoms with E-state index in [-0.39, 0.29) is 11.3 Å². The number of methoxy groups -OCH3 is 1. The third-order valence-corrected chi connectivity index (χ3v) is 4.15. The van der Waals surface area contributed by atoms with Gasteiger partial charge < -0.3 is 14.7 Å². The maximum atomic E-state index is 12.2. The highest BCUT2D eigenvalue weighted by Crippen LogP contribution is 2.39. The fourth-order valence-corrected chi connectivity index (χ4v) is 2.72. The van der Waals surface area contributed by atoms with Crippen molar-refractivity contribution in [2.75, 3.05) is 21.2 Å². The van der Waals surface area contributed by atoms with Crippen molar-refractivity contribution in [3.8, 4) is 5.75 Å². The molecule has 2 atom stereocenters. The van der Waals surface area contributed by atoms with E-state index >= 15 is 0 Å². The summed E-state index contributed by atoms with van der Waals surface area (Å²) in [5, 5.41) is 9.71.